The maximum Gasteiger partial charge on any atom is 0.248 e. The molecule has 3 aromatic heterocycles. The zero-order chi connectivity index (χ0) is 17.1. The Kier molecular flexibility index (Phi) is 3.84. The summed E-state index contributed by atoms with van der Waals surface area (Å²) in [6.45, 7) is 0. The molecule has 1 N–H and O–H groups in total. The zero-order valence-electron chi connectivity index (χ0n) is 13.2. The molecule has 0 radical (unpaired) electrons. The van der Waals surface area contributed by atoms with E-state index in [1.165, 1.54) is 6.08 Å². The molecule has 25 heavy (non-hydrogen) atoms. The van der Waals surface area contributed by atoms with Crippen LogP contribution < -0.4 is 5.32 Å². The summed E-state index contributed by atoms with van der Waals surface area (Å²) in [7, 11) is 0. The van der Waals surface area contributed by atoms with E-state index in [4.69, 9.17) is 4.42 Å². The zero-order valence-corrected chi connectivity index (χ0v) is 13.2. The van der Waals surface area contributed by atoms with Gasteiger partial charge in [0.2, 0.25) is 5.91 Å². The first-order valence-corrected chi connectivity index (χ1v) is 7.72. The van der Waals surface area contributed by atoms with Crippen molar-refractivity contribution in [3.8, 4) is 11.4 Å². The number of carbonyl (C=O) groups excluding carboxylic acids is 1. The van der Waals surface area contributed by atoms with Crippen LogP contribution in [-0.2, 0) is 4.79 Å². The molecule has 0 aliphatic rings. The minimum absolute atomic E-state index is 0.236. The van der Waals surface area contributed by atoms with E-state index in [-0.39, 0.29) is 5.91 Å². The molecule has 0 saturated carbocycles. The van der Waals surface area contributed by atoms with Gasteiger partial charge in [-0.3, -0.25) is 9.20 Å². The first-order valence-electron chi connectivity index (χ1n) is 7.72. The molecule has 4 aromatic rings. The van der Waals surface area contributed by atoms with E-state index in [0.29, 0.717) is 11.4 Å². The van der Waals surface area contributed by atoms with Crippen molar-refractivity contribution in [2.45, 2.75) is 0 Å². The Balaban J connectivity index is 1.56. The highest BCUT2D eigenvalue weighted by Crippen LogP contribution is 2.21. The minimum atomic E-state index is -0.236. The number of anilines is 1. The summed E-state index contributed by atoms with van der Waals surface area (Å²) in [6, 6.07) is 16.8. The van der Waals surface area contributed by atoms with Gasteiger partial charge in [-0.1, -0.05) is 18.2 Å². The number of hydrogen-bond donors (Lipinski definition) is 1. The van der Waals surface area contributed by atoms with Crippen molar-refractivity contribution in [1.82, 2.24) is 14.6 Å². The maximum atomic E-state index is 12.0. The molecule has 0 aliphatic carbocycles. The van der Waals surface area contributed by atoms with Crippen LogP contribution in [-0.4, -0.2) is 20.5 Å². The van der Waals surface area contributed by atoms with Crippen molar-refractivity contribution in [3.63, 3.8) is 0 Å². The fourth-order valence-corrected chi connectivity index (χ4v) is 2.50. The first kappa shape index (κ1) is 14.9. The summed E-state index contributed by atoms with van der Waals surface area (Å²) in [6.07, 6.45) is 6.51. The smallest absolute Gasteiger partial charge is 0.248 e. The van der Waals surface area contributed by atoms with E-state index in [0.717, 1.165) is 17.0 Å². The molecule has 3 heterocycles. The lowest BCUT2D eigenvalue weighted by Gasteiger charge is -2.05. The number of rotatable bonds is 4. The van der Waals surface area contributed by atoms with Crippen molar-refractivity contribution in [2.24, 2.45) is 0 Å². The molecule has 6 nitrogen and oxygen atoms in total. The van der Waals surface area contributed by atoms with E-state index in [1.807, 2.05) is 53.1 Å². The average molecular weight is 330 g/mol. The highest BCUT2D eigenvalue weighted by atomic mass is 16.3. The first-order chi connectivity index (χ1) is 12.3. The highest BCUT2D eigenvalue weighted by molar-refractivity contribution is 6.02. The number of fused-ring (bicyclic) bond motifs is 1. The van der Waals surface area contributed by atoms with Crippen molar-refractivity contribution < 1.29 is 9.21 Å². The molecule has 0 unspecified atom stereocenters. The Hall–Kier alpha value is -3.67. The van der Waals surface area contributed by atoms with Crippen molar-refractivity contribution in [3.05, 3.63) is 78.9 Å². The Labute approximate surface area is 143 Å². The van der Waals surface area contributed by atoms with Gasteiger partial charge in [0.25, 0.3) is 0 Å². The molecule has 4 rings (SSSR count). The number of carbonyl (C=O) groups is 1. The van der Waals surface area contributed by atoms with Gasteiger partial charge in [0.15, 0.2) is 11.5 Å². The van der Waals surface area contributed by atoms with Crippen LogP contribution in [0.2, 0.25) is 0 Å². The van der Waals surface area contributed by atoms with Gasteiger partial charge in [-0.05, 0) is 42.5 Å². The van der Waals surface area contributed by atoms with Crippen LogP contribution in [0.4, 0.5) is 5.69 Å². The van der Waals surface area contributed by atoms with Crippen LogP contribution in [0.15, 0.2) is 77.6 Å². The quantitative estimate of drug-likeness (QED) is 0.580. The number of benzene rings is 1. The second-order valence-corrected chi connectivity index (χ2v) is 5.37. The Bertz CT molecular complexity index is 1050. The predicted molar refractivity (Wildman–Crippen MR) is 94.8 cm³/mol. The molecule has 0 fully saturated rings. The van der Waals surface area contributed by atoms with E-state index >= 15 is 0 Å². The maximum absolute atomic E-state index is 12.0. The van der Waals surface area contributed by atoms with E-state index in [1.54, 1.807) is 24.5 Å². The molecule has 122 valence electrons. The summed E-state index contributed by atoms with van der Waals surface area (Å²) < 4.78 is 7.06. The Morgan fingerprint density at radius 2 is 2.04 bits per heavy atom. The lowest BCUT2D eigenvalue weighted by atomic mass is 10.2. The van der Waals surface area contributed by atoms with E-state index < -0.39 is 0 Å². The van der Waals surface area contributed by atoms with Gasteiger partial charge in [-0.25, -0.2) is 0 Å². The van der Waals surface area contributed by atoms with Crippen molar-refractivity contribution >= 4 is 23.3 Å². The largest absolute Gasteiger partial charge is 0.465 e. The molecular formula is C19H14N4O2. The van der Waals surface area contributed by atoms with Crippen LogP contribution >= 0.6 is 0 Å². The van der Waals surface area contributed by atoms with Gasteiger partial charge in [0.05, 0.1) is 6.26 Å². The summed E-state index contributed by atoms with van der Waals surface area (Å²) >= 11 is 0. The van der Waals surface area contributed by atoms with Crippen LogP contribution in [0.5, 0.6) is 0 Å². The SMILES string of the molecule is O=C(/C=C/c1ccco1)Nc1cccc(-c2nnc3ccccn23)c1. The molecule has 6 heteroatoms. The Morgan fingerprint density at radius 3 is 2.92 bits per heavy atom. The van der Waals surface area contributed by atoms with Gasteiger partial charge < -0.3 is 9.73 Å². The monoisotopic (exact) mass is 330 g/mol. The standard InChI is InChI=1S/C19H14N4O2/c24-18(10-9-16-7-4-12-25-16)20-15-6-3-5-14(13-15)19-22-21-17-8-1-2-11-23(17)19/h1-13H,(H,20,24)/b10-9+. The van der Waals surface area contributed by atoms with Gasteiger partial charge >= 0.3 is 0 Å². The lowest BCUT2D eigenvalue weighted by molar-refractivity contribution is -0.111. The molecule has 0 aliphatic heterocycles. The predicted octanol–water partition coefficient (Wildman–Crippen LogP) is 3.64. The van der Waals surface area contributed by atoms with Crippen LogP contribution in [0.1, 0.15) is 5.76 Å². The molecule has 0 saturated heterocycles. The normalized spacial score (nSPS) is 11.2. The molecular weight excluding hydrogens is 316 g/mol. The number of nitrogens with one attached hydrogen (secondary N) is 1. The molecule has 0 atom stereocenters. The number of aromatic nitrogens is 3. The summed E-state index contributed by atoms with van der Waals surface area (Å²) in [5.41, 5.74) is 2.32. The third-order valence-corrected chi connectivity index (χ3v) is 3.64. The number of furan rings is 1. The Morgan fingerprint density at radius 1 is 1.08 bits per heavy atom. The fraction of sp³-hybridized carbons (Fsp3) is 0. The van der Waals surface area contributed by atoms with Gasteiger partial charge in [-0.15, -0.1) is 10.2 Å². The third-order valence-electron chi connectivity index (χ3n) is 3.64. The van der Waals surface area contributed by atoms with Gasteiger partial charge in [-0.2, -0.15) is 0 Å². The summed E-state index contributed by atoms with van der Waals surface area (Å²) in [4.78, 5) is 12.0. The topological polar surface area (TPSA) is 72.4 Å². The van der Waals surface area contributed by atoms with E-state index in [2.05, 4.69) is 15.5 Å². The number of nitrogens with zero attached hydrogens (tertiary/aromatic N) is 3. The van der Waals surface area contributed by atoms with Crippen molar-refractivity contribution in [1.29, 1.82) is 0 Å². The second-order valence-electron chi connectivity index (χ2n) is 5.37. The van der Waals surface area contributed by atoms with Gasteiger partial charge in [0, 0.05) is 23.5 Å². The molecule has 1 aromatic carbocycles. The lowest BCUT2D eigenvalue weighted by Crippen LogP contribution is -2.07. The average Bonchev–Trinajstić information content (AvgIpc) is 3.30. The van der Waals surface area contributed by atoms with Crippen molar-refractivity contribution in [2.75, 3.05) is 5.32 Å². The number of pyridine rings is 1. The van der Waals surface area contributed by atoms with E-state index in [9.17, 15) is 4.79 Å². The summed E-state index contributed by atoms with van der Waals surface area (Å²) in [5.74, 6) is 1.11. The summed E-state index contributed by atoms with van der Waals surface area (Å²) in [5, 5.41) is 11.2. The fourth-order valence-electron chi connectivity index (χ4n) is 2.50. The molecule has 0 bridgehead atoms. The van der Waals surface area contributed by atoms with Crippen LogP contribution in [0.3, 0.4) is 0 Å². The number of amides is 1. The minimum Gasteiger partial charge on any atom is -0.465 e. The van der Waals surface area contributed by atoms with Gasteiger partial charge in [0.1, 0.15) is 5.76 Å². The molecule has 0 spiro atoms. The second kappa shape index (κ2) is 6.45. The van der Waals surface area contributed by atoms with Crippen LogP contribution in [0, 0.1) is 0 Å². The highest BCUT2D eigenvalue weighted by Gasteiger charge is 2.08. The molecule has 1 amide bonds. The van der Waals surface area contributed by atoms with Crippen LogP contribution in [0.25, 0.3) is 23.1 Å². The number of hydrogen-bond acceptors (Lipinski definition) is 4. The third kappa shape index (κ3) is 3.18.